The van der Waals surface area contributed by atoms with Gasteiger partial charge in [0.05, 0.1) is 19.1 Å². The van der Waals surface area contributed by atoms with Crippen LogP contribution < -0.4 is 9.47 Å². The lowest BCUT2D eigenvalue weighted by atomic mass is 10.3. The maximum absolute atomic E-state index is 11.1. The lowest BCUT2D eigenvalue weighted by molar-refractivity contribution is -0.120. The summed E-state index contributed by atoms with van der Waals surface area (Å²) in [6, 6.07) is 8.91. The van der Waals surface area contributed by atoms with Crippen LogP contribution in [0.5, 0.6) is 11.5 Å². The van der Waals surface area contributed by atoms with Crippen molar-refractivity contribution in [1.82, 2.24) is 0 Å². The second-order valence-electron chi connectivity index (χ2n) is 3.04. The summed E-state index contributed by atoms with van der Waals surface area (Å²) in [7, 11) is 0. The van der Waals surface area contributed by atoms with Crippen LogP contribution in [0.1, 0.15) is 13.3 Å². The highest BCUT2D eigenvalue weighted by molar-refractivity contribution is 5.81. The molecule has 0 atom stereocenters. The number of nitriles is 1. The van der Waals surface area contributed by atoms with E-state index in [0.29, 0.717) is 18.1 Å². The van der Waals surface area contributed by atoms with Crippen molar-refractivity contribution in [2.45, 2.75) is 13.3 Å². The molecule has 1 rings (SSSR count). The van der Waals surface area contributed by atoms with Gasteiger partial charge in [-0.25, -0.2) is 0 Å². The van der Waals surface area contributed by atoms with E-state index >= 15 is 0 Å². The van der Waals surface area contributed by atoms with Crippen molar-refractivity contribution in [3.63, 3.8) is 0 Å². The quantitative estimate of drug-likeness (QED) is 0.733. The van der Waals surface area contributed by atoms with Crippen molar-refractivity contribution in [1.29, 1.82) is 5.26 Å². The van der Waals surface area contributed by atoms with Crippen LogP contribution in [-0.2, 0) is 4.79 Å². The van der Waals surface area contributed by atoms with Crippen LogP contribution in [0.25, 0.3) is 0 Å². The molecule has 0 N–H and O–H groups in total. The lowest BCUT2D eigenvalue weighted by Crippen LogP contribution is -2.10. The second-order valence-corrected chi connectivity index (χ2v) is 3.04. The molecule has 0 aliphatic rings. The summed E-state index contributed by atoms with van der Waals surface area (Å²) in [6.45, 7) is 2.31. The summed E-state index contributed by atoms with van der Waals surface area (Å²) < 4.78 is 10.6. The standard InChI is InChI=1S/C12H13NO3/c1-2-15-11-5-3-4-6-12(11)16-9-10(14)7-8-13/h3-6H,2,7,9H2,1H3. The fourth-order valence-corrected chi connectivity index (χ4v) is 1.14. The average molecular weight is 219 g/mol. The maximum atomic E-state index is 11.1. The largest absolute Gasteiger partial charge is 0.490 e. The van der Waals surface area contributed by atoms with E-state index in [9.17, 15) is 4.79 Å². The number of hydrogen-bond donors (Lipinski definition) is 0. The molecule has 84 valence electrons. The normalized spacial score (nSPS) is 9.25. The minimum atomic E-state index is -0.242. The number of carbonyl (C=O) groups excluding carboxylic acids is 1. The maximum Gasteiger partial charge on any atom is 0.184 e. The number of carbonyl (C=O) groups is 1. The average Bonchev–Trinajstić information content (AvgIpc) is 2.29. The third-order valence-electron chi connectivity index (χ3n) is 1.81. The molecule has 0 fully saturated rings. The fraction of sp³-hybridized carbons (Fsp3) is 0.333. The molecule has 16 heavy (non-hydrogen) atoms. The highest BCUT2D eigenvalue weighted by atomic mass is 16.5. The number of para-hydroxylation sites is 2. The first kappa shape index (κ1) is 12.1. The minimum absolute atomic E-state index is 0.0996. The highest BCUT2D eigenvalue weighted by Crippen LogP contribution is 2.26. The van der Waals surface area contributed by atoms with Gasteiger partial charge in [0.2, 0.25) is 0 Å². The SMILES string of the molecule is CCOc1ccccc1OCC(=O)CC#N. The third kappa shape index (κ3) is 3.62. The van der Waals surface area contributed by atoms with Crippen LogP contribution in [0.2, 0.25) is 0 Å². The van der Waals surface area contributed by atoms with Gasteiger partial charge in [0.15, 0.2) is 17.3 Å². The van der Waals surface area contributed by atoms with E-state index in [-0.39, 0.29) is 18.8 Å². The summed E-state index contributed by atoms with van der Waals surface area (Å²) in [6.07, 6.45) is -0.128. The summed E-state index contributed by atoms with van der Waals surface area (Å²) >= 11 is 0. The summed E-state index contributed by atoms with van der Waals surface area (Å²) in [5.74, 6) is 0.888. The monoisotopic (exact) mass is 219 g/mol. The van der Waals surface area contributed by atoms with E-state index in [4.69, 9.17) is 14.7 Å². The zero-order chi connectivity index (χ0) is 11.8. The van der Waals surface area contributed by atoms with Gasteiger partial charge >= 0.3 is 0 Å². The number of benzene rings is 1. The van der Waals surface area contributed by atoms with Crippen molar-refractivity contribution in [2.75, 3.05) is 13.2 Å². The molecule has 0 spiro atoms. The number of hydrogen-bond acceptors (Lipinski definition) is 4. The Labute approximate surface area is 94.4 Å². The Balaban J connectivity index is 2.59. The third-order valence-corrected chi connectivity index (χ3v) is 1.81. The van der Waals surface area contributed by atoms with Crippen molar-refractivity contribution in [3.05, 3.63) is 24.3 Å². The Kier molecular flexibility index (Phi) is 4.87. The Morgan fingerprint density at radius 1 is 1.31 bits per heavy atom. The molecular formula is C12H13NO3. The van der Waals surface area contributed by atoms with Crippen LogP contribution in [0.3, 0.4) is 0 Å². The Morgan fingerprint density at radius 2 is 1.94 bits per heavy atom. The van der Waals surface area contributed by atoms with E-state index < -0.39 is 0 Å². The first-order chi connectivity index (χ1) is 7.77. The van der Waals surface area contributed by atoms with E-state index in [1.807, 2.05) is 13.0 Å². The molecule has 0 unspecified atom stereocenters. The molecule has 0 amide bonds. The molecule has 0 aliphatic carbocycles. The van der Waals surface area contributed by atoms with E-state index in [0.717, 1.165) is 0 Å². The molecule has 1 aromatic carbocycles. The van der Waals surface area contributed by atoms with Crippen molar-refractivity contribution in [3.8, 4) is 17.6 Å². The summed E-state index contributed by atoms with van der Waals surface area (Å²) in [4.78, 5) is 11.1. The van der Waals surface area contributed by atoms with Crippen LogP contribution >= 0.6 is 0 Å². The van der Waals surface area contributed by atoms with Gasteiger partial charge in [0, 0.05) is 0 Å². The molecule has 4 heteroatoms. The molecule has 0 heterocycles. The van der Waals surface area contributed by atoms with E-state index in [2.05, 4.69) is 0 Å². The topological polar surface area (TPSA) is 59.3 Å². The first-order valence-electron chi connectivity index (χ1n) is 5.01. The zero-order valence-corrected chi connectivity index (χ0v) is 9.10. The van der Waals surface area contributed by atoms with Crippen molar-refractivity contribution in [2.24, 2.45) is 0 Å². The Morgan fingerprint density at radius 3 is 2.50 bits per heavy atom. The van der Waals surface area contributed by atoms with Crippen molar-refractivity contribution < 1.29 is 14.3 Å². The molecule has 0 saturated carbocycles. The molecule has 0 saturated heterocycles. The van der Waals surface area contributed by atoms with Crippen molar-refractivity contribution >= 4 is 5.78 Å². The number of Topliss-reactive ketones (excluding diaryl/α,β-unsaturated/α-hetero) is 1. The lowest BCUT2D eigenvalue weighted by Gasteiger charge is -2.10. The van der Waals surface area contributed by atoms with Gasteiger partial charge in [0.25, 0.3) is 0 Å². The van der Waals surface area contributed by atoms with Crippen LogP contribution in [0.15, 0.2) is 24.3 Å². The van der Waals surface area contributed by atoms with Gasteiger partial charge in [-0.2, -0.15) is 5.26 Å². The van der Waals surface area contributed by atoms with Crippen LogP contribution in [0.4, 0.5) is 0 Å². The summed E-state index contributed by atoms with van der Waals surface area (Å²) in [5.41, 5.74) is 0. The molecule has 4 nitrogen and oxygen atoms in total. The number of nitrogens with zero attached hydrogens (tertiary/aromatic N) is 1. The Hall–Kier alpha value is -2.02. The second kappa shape index (κ2) is 6.46. The first-order valence-corrected chi connectivity index (χ1v) is 5.01. The van der Waals surface area contributed by atoms with Crippen LogP contribution in [-0.4, -0.2) is 19.0 Å². The van der Waals surface area contributed by atoms with Gasteiger partial charge in [0.1, 0.15) is 6.61 Å². The number of ketones is 1. The molecule has 0 aromatic heterocycles. The van der Waals surface area contributed by atoms with E-state index in [1.54, 1.807) is 24.3 Å². The minimum Gasteiger partial charge on any atom is -0.490 e. The Bertz CT molecular complexity index is 395. The molecular weight excluding hydrogens is 206 g/mol. The molecule has 0 bridgehead atoms. The van der Waals surface area contributed by atoms with Gasteiger partial charge in [-0.3, -0.25) is 4.79 Å². The predicted molar refractivity (Wildman–Crippen MR) is 58.3 cm³/mol. The zero-order valence-electron chi connectivity index (χ0n) is 9.10. The summed E-state index contributed by atoms with van der Waals surface area (Å²) in [5, 5.41) is 8.32. The highest BCUT2D eigenvalue weighted by Gasteiger charge is 2.06. The van der Waals surface area contributed by atoms with Gasteiger partial charge in [-0.15, -0.1) is 0 Å². The fourth-order valence-electron chi connectivity index (χ4n) is 1.14. The molecule has 0 aliphatic heterocycles. The smallest absolute Gasteiger partial charge is 0.184 e. The molecule has 0 radical (unpaired) electrons. The van der Waals surface area contributed by atoms with Gasteiger partial charge < -0.3 is 9.47 Å². The van der Waals surface area contributed by atoms with E-state index in [1.165, 1.54) is 0 Å². The number of rotatable bonds is 6. The van der Waals surface area contributed by atoms with Gasteiger partial charge in [-0.05, 0) is 19.1 Å². The molecule has 1 aromatic rings. The predicted octanol–water partition coefficient (Wildman–Crippen LogP) is 1.95. The van der Waals surface area contributed by atoms with Crippen LogP contribution in [0, 0.1) is 11.3 Å². The number of ether oxygens (including phenoxy) is 2. The van der Waals surface area contributed by atoms with Gasteiger partial charge in [-0.1, -0.05) is 12.1 Å².